The Morgan fingerprint density at radius 2 is 2.16 bits per heavy atom. The number of sulfone groups is 1. The van der Waals surface area contributed by atoms with Gasteiger partial charge in [0.05, 0.1) is 16.9 Å². The topological polar surface area (TPSA) is 85.4 Å². The van der Waals surface area contributed by atoms with Crippen LogP contribution in [0.5, 0.6) is 0 Å². The number of hydrogen-bond donors (Lipinski definition) is 1. The van der Waals surface area contributed by atoms with E-state index in [-0.39, 0.29) is 18.8 Å². The Labute approximate surface area is 117 Å². The van der Waals surface area contributed by atoms with E-state index in [1.165, 1.54) is 23.1 Å². The molecule has 0 saturated heterocycles. The van der Waals surface area contributed by atoms with Crippen molar-refractivity contribution in [2.24, 2.45) is 0 Å². The fraction of sp³-hybridized carbons (Fsp3) is 0.636. The quantitative estimate of drug-likeness (QED) is 0.803. The van der Waals surface area contributed by atoms with Crippen molar-refractivity contribution >= 4 is 32.1 Å². The summed E-state index contributed by atoms with van der Waals surface area (Å²) in [6.07, 6.45) is 1.19. The second-order valence-electron chi connectivity index (χ2n) is 4.64. The Balaban J connectivity index is 2.80. The van der Waals surface area contributed by atoms with E-state index in [1.807, 2.05) is 0 Å². The molecule has 8 heteroatoms. The molecule has 6 nitrogen and oxygen atoms in total. The minimum atomic E-state index is -3.19. The van der Waals surface area contributed by atoms with Gasteiger partial charge in [-0.05, 0) is 20.8 Å². The number of aromatic nitrogens is 1. The van der Waals surface area contributed by atoms with Crippen LogP contribution in [-0.2, 0) is 14.6 Å². The third-order valence-corrected chi connectivity index (χ3v) is 5.65. The highest BCUT2D eigenvalue weighted by Gasteiger charge is 2.30. The van der Waals surface area contributed by atoms with Crippen LogP contribution in [0, 0.1) is 0 Å². The van der Waals surface area contributed by atoms with Crippen LogP contribution >= 0.6 is 11.3 Å². The van der Waals surface area contributed by atoms with E-state index in [9.17, 15) is 13.2 Å². The minimum Gasteiger partial charge on any atom is -0.461 e. The number of carbonyl (C=O) groups is 1. The highest BCUT2D eigenvalue weighted by Crippen LogP contribution is 2.23. The Bertz CT molecular complexity index is 549. The van der Waals surface area contributed by atoms with Crippen LogP contribution in [-0.4, -0.2) is 43.5 Å². The van der Waals surface area contributed by atoms with Crippen molar-refractivity contribution in [1.82, 2.24) is 4.98 Å². The molecule has 0 radical (unpaired) electrons. The van der Waals surface area contributed by atoms with E-state index >= 15 is 0 Å². The minimum absolute atomic E-state index is 0.191. The predicted molar refractivity (Wildman–Crippen MR) is 75.5 cm³/mol. The summed E-state index contributed by atoms with van der Waals surface area (Å²) in [4.78, 5) is 15.5. The third kappa shape index (κ3) is 3.90. The molecule has 1 aromatic heterocycles. The van der Waals surface area contributed by atoms with Crippen LogP contribution < -0.4 is 5.32 Å². The molecule has 1 N–H and O–H groups in total. The van der Waals surface area contributed by atoms with Crippen molar-refractivity contribution in [3.8, 4) is 0 Å². The monoisotopic (exact) mass is 306 g/mol. The van der Waals surface area contributed by atoms with Gasteiger partial charge < -0.3 is 10.1 Å². The fourth-order valence-corrected chi connectivity index (χ4v) is 2.14. The van der Waals surface area contributed by atoms with Crippen LogP contribution in [0.2, 0.25) is 0 Å². The highest BCUT2D eigenvalue weighted by molar-refractivity contribution is 7.92. The summed E-state index contributed by atoms with van der Waals surface area (Å²) in [5.41, 5.74) is 1.71. The zero-order chi connectivity index (χ0) is 14.7. The molecule has 0 bridgehead atoms. The lowest BCUT2D eigenvalue weighted by atomic mass is 10.2. The SMILES string of the molecule is CCOC(=O)c1ncsc1NCC(C)(C)S(C)(=O)=O. The molecule has 19 heavy (non-hydrogen) atoms. The van der Waals surface area contributed by atoms with Crippen molar-refractivity contribution in [2.45, 2.75) is 25.5 Å². The van der Waals surface area contributed by atoms with Gasteiger partial charge in [0, 0.05) is 12.8 Å². The van der Waals surface area contributed by atoms with Crippen LogP contribution in [0.15, 0.2) is 5.51 Å². The number of rotatable bonds is 6. The molecule has 0 aliphatic carbocycles. The molecule has 0 aliphatic rings. The molecule has 1 rings (SSSR count). The normalized spacial score (nSPS) is 12.2. The number of esters is 1. The number of carbonyl (C=O) groups excluding carboxylic acids is 1. The summed E-state index contributed by atoms with van der Waals surface area (Å²) >= 11 is 1.24. The first kappa shape index (κ1) is 15.9. The van der Waals surface area contributed by atoms with Crippen LogP contribution in [0.3, 0.4) is 0 Å². The maximum absolute atomic E-state index is 11.6. The van der Waals surface area contributed by atoms with Crippen LogP contribution in [0.4, 0.5) is 5.00 Å². The van der Waals surface area contributed by atoms with Crippen molar-refractivity contribution in [2.75, 3.05) is 24.7 Å². The molecular formula is C11H18N2O4S2. The lowest BCUT2D eigenvalue weighted by molar-refractivity contribution is 0.0521. The van der Waals surface area contributed by atoms with E-state index in [0.717, 1.165) is 0 Å². The van der Waals surface area contributed by atoms with Crippen molar-refractivity contribution in [1.29, 1.82) is 0 Å². The average Bonchev–Trinajstić information content (AvgIpc) is 2.73. The van der Waals surface area contributed by atoms with E-state index < -0.39 is 20.6 Å². The molecule has 108 valence electrons. The number of ether oxygens (including phenoxy) is 1. The Morgan fingerprint density at radius 3 is 2.68 bits per heavy atom. The molecule has 0 spiro atoms. The number of anilines is 1. The molecule has 0 aliphatic heterocycles. The first-order valence-corrected chi connectivity index (χ1v) is 8.50. The summed E-state index contributed by atoms with van der Waals surface area (Å²) < 4.78 is 27.1. The Morgan fingerprint density at radius 1 is 1.53 bits per heavy atom. The number of nitrogens with zero attached hydrogens (tertiary/aromatic N) is 1. The first-order valence-electron chi connectivity index (χ1n) is 5.73. The van der Waals surface area contributed by atoms with Gasteiger partial charge in [0.15, 0.2) is 15.5 Å². The second-order valence-corrected chi connectivity index (χ2v) is 8.14. The van der Waals surface area contributed by atoms with Gasteiger partial charge in [-0.2, -0.15) is 0 Å². The van der Waals surface area contributed by atoms with Gasteiger partial charge >= 0.3 is 5.97 Å². The Kier molecular flexibility index (Phi) is 4.92. The third-order valence-electron chi connectivity index (χ3n) is 2.71. The van der Waals surface area contributed by atoms with Gasteiger partial charge in [0.2, 0.25) is 0 Å². The van der Waals surface area contributed by atoms with E-state index in [0.29, 0.717) is 5.00 Å². The number of nitrogens with one attached hydrogen (secondary N) is 1. The van der Waals surface area contributed by atoms with Gasteiger partial charge in [-0.15, -0.1) is 11.3 Å². The number of hydrogen-bond acceptors (Lipinski definition) is 7. The molecule has 0 atom stereocenters. The Hall–Kier alpha value is -1.15. The van der Waals surface area contributed by atoms with Gasteiger partial charge in [-0.25, -0.2) is 18.2 Å². The van der Waals surface area contributed by atoms with Crippen LogP contribution in [0.25, 0.3) is 0 Å². The fourth-order valence-electron chi connectivity index (χ4n) is 1.14. The molecule has 0 amide bonds. The zero-order valence-electron chi connectivity index (χ0n) is 11.4. The molecule has 0 unspecified atom stereocenters. The number of thiazole rings is 1. The molecule has 0 aromatic carbocycles. The van der Waals surface area contributed by atoms with Crippen molar-refractivity contribution in [3.05, 3.63) is 11.2 Å². The lowest BCUT2D eigenvalue weighted by Gasteiger charge is -2.22. The molecule has 1 aromatic rings. The van der Waals surface area contributed by atoms with Crippen LogP contribution in [0.1, 0.15) is 31.3 Å². The zero-order valence-corrected chi connectivity index (χ0v) is 13.0. The summed E-state index contributed by atoms with van der Waals surface area (Å²) in [6, 6.07) is 0. The van der Waals surface area contributed by atoms with Gasteiger partial charge in [0.25, 0.3) is 0 Å². The molecular weight excluding hydrogens is 288 g/mol. The van der Waals surface area contributed by atoms with Crippen molar-refractivity contribution in [3.63, 3.8) is 0 Å². The van der Waals surface area contributed by atoms with Gasteiger partial charge in [-0.3, -0.25) is 0 Å². The molecule has 0 saturated carbocycles. The smallest absolute Gasteiger partial charge is 0.360 e. The van der Waals surface area contributed by atoms with E-state index in [4.69, 9.17) is 4.74 Å². The first-order chi connectivity index (χ1) is 8.69. The second kappa shape index (κ2) is 5.87. The summed E-state index contributed by atoms with van der Waals surface area (Å²) in [5.74, 6) is -0.511. The van der Waals surface area contributed by atoms with E-state index in [2.05, 4.69) is 10.3 Å². The average molecular weight is 306 g/mol. The van der Waals surface area contributed by atoms with E-state index in [1.54, 1.807) is 20.8 Å². The lowest BCUT2D eigenvalue weighted by Crippen LogP contribution is -2.38. The van der Waals surface area contributed by atoms with Crippen molar-refractivity contribution < 1.29 is 17.9 Å². The largest absolute Gasteiger partial charge is 0.461 e. The summed E-state index contributed by atoms with van der Waals surface area (Å²) in [6.45, 7) is 5.43. The molecule has 1 heterocycles. The van der Waals surface area contributed by atoms with Gasteiger partial charge in [0.1, 0.15) is 5.00 Å². The summed E-state index contributed by atoms with van der Waals surface area (Å²) in [5, 5.41) is 3.48. The predicted octanol–water partition coefficient (Wildman–Crippen LogP) is 1.55. The molecule has 0 fully saturated rings. The standard InChI is InChI=1S/C11H18N2O4S2/c1-5-17-10(14)8-9(18-7-13-8)12-6-11(2,3)19(4,15)16/h7,12H,5-6H2,1-4H3. The highest BCUT2D eigenvalue weighted by atomic mass is 32.2. The maximum Gasteiger partial charge on any atom is 0.360 e. The van der Waals surface area contributed by atoms with Gasteiger partial charge in [-0.1, -0.05) is 0 Å². The maximum atomic E-state index is 11.6. The summed E-state index contributed by atoms with van der Waals surface area (Å²) in [7, 11) is -3.19.